The van der Waals surface area contributed by atoms with E-state index in [0.717, 1.165) is 32.3 Å². The number of morpholine rings is 1. The SMILES string of the molecule is CC.CCCC(CC)NC.CN1CCOCC1. The van der Waals surface area contributed by atoms with Gasteiger partial charge in [-0.25, -0.2) is 0 Å². The minimum Gasteiger partial charge on any atom is -0.379 e. The van der Waals surface area contributed by atoms with Crippen LogP contribution >= 0.6 is 0 Å². The fourth-order valence-electron chi connectivity index (χ4n) is 1.56. The van der Waals surface area contributed by atoms with Gasteiger partial charge in [0.15, 0.2) is 0 Å². The van der Waals surface area contributed by atoms with Crippen molar-refractivity contribution in [1.29, 1.82) is 0 Å². The average molecular weight is 246 g/mol. The summed E-state index contributed by atoms with van der Waals surface area (Å²) < 4.78 is 5.10. The van der Waals surface area contributed by atoms with Crippen molar-refractivity contribution in [1.82, 2.24) is 10.2 Å². The lowest BCUT2D eigenvalue weighted by Gasteiger charge is -2.21. The smallest absolute Gasteiger partial charge is 0.0594 e. The molecule has 0 spiro atoms. The van der Waals surface area contributed by atoms with Gasteiger partial charge in [-0.15, -0.1) is 0 Å². The van der Waals surface area contributed by atoms with Crippen LogP contribution < -0.4 is 5.32 Å². The van der Waals surface area contributed by atoms with Crippen LogP contribution in [-0.4, -0.2) is 51.3 Å². The highest BCUT2D eigenvalue weighted by atomic mass is 16.5. The minimum atomic E-state index is 0.750. The molecule has 0 aliphatic carbocycles. The zero-order valence-electron chi connectivity index (χ0n) is 12.9. The van der Waals surface area contributed by atoms with Crippen LogP contribution in [0.4, 0.5) is 0 Å². The summed E-state index contributed by atoms with van der Waals surface area (Å²) in [5.41, 5.74) is 0. The second-order valence-electron chi connectivity index (χ2n) is 4.10. The summed E-state index contributed by atoms with van der Waals surface area (Å²) in [6.07, 6.45) is 3.86. The molecule has 0 bridgehead atoms. The summed E-state index contributed by atoms with van der Waals surface area (Å²) in [7, 11) is 4.15. The fraction of sp³-hybridized carbons (Fsp3) is 1.00. The number of hydrogen-bond donors (Lipinski definition) is 1. The van der Waals surface area contributed by atoms with Gasteiger partial charge in [0.1, 0.15) is 0 Å². The van der Waals surface area contributed by atoms with E-state index in [1.807, 2.05) is 20.9 Å². The lowest BCUT2D eigenvalue weighted by Crippen LogP contribution is -2.32. The largest absolute Gasteiger partial charge is 0.379 e. The van der Waals surface area contributed by atoms with E-state index in [0.29, 0.717) is 0 Å². The maximum Gasteiger partial charge on any atom is 0.0594 e. The van der Waals surface area contributed by atoms with Gasteiger partial charge in [0.2, 0.25) is 0 Å². The number of rotatable bonds is 4. The molecule has 3 nitrogen and oxygen atoms in total. The molecule has 0 saturated carbocycles. The van der Waals surface area contributed by atoms with E-state index in [-0.39, 0.29) is 0 Å². The molecule has 1 saturated heterocycles. The minimum absolute atomic E-state index is 0.750. The van der Waals surface area contributed by atoms with Crippen LogP contribution in [0.15, 0.2) is 0 Å². The van der Waals surface area contributed by atoms with E-state index in [1.165, 1.54) is 19.3 Å². The molecule has 1 atom stereocenters. The summed E-state index contributed by atoms with van der Waals surface area (Å²) in [4.78, 5) is 2.27. The monoisotopic (exact) mass is 246 g/mol. The first-order valence-corrected chi connectivity index (χ1v) is 7.18. The molecule has 1 unspecified atom stereocenters. The Kier molecular flexibility index (Phi) is 18.0. The lowest BCUT2D eigenvalue weighted by atomic mass is 10.1. The first kappa shape index (κ1) is 19.2. The molecule has 1 rings (SSSR count). The predicted molar refractivity (Wildman–Crippen MR) is 77.7 cm³/mol. The van der Waals surface area contributed by atoms with Gasteiger partial charge in [0, 0.05) is 19.1 Å². The number of nitrogens with one attached hydrogen (secondary N) is 1. The van der Waals surface area contributed by atoms with Crippen molar-refractivity contribution in [3.63, 3.8) is 0 Å². The fourth-order valence-corrected chi connectivity index (χ4v) is 1.56. The molecule has 1 N–H and O–H groups in total. The van der Waals surface area contributed by atoms with Crippen molar-refractivity contribution in [3.8, 4) is 0 Å². The van der Waals surface area contributed by atoms with Gasteiger partial charge in [0.25, 0.3) is 0 Å². The number of likely N-dealkylation sites (N-methyl/N-ethyl adjacent to an activating group) is 1. The quantitative estimate of drug-likeness (QED) is 0.825. The van der Waals surface area contributed by atoms with Gasteiger partial charge < -0.3 is 15.0 Å². The van der Waals surface area contributed by atoms with Crippen LogP contribution in [0.3, 0.4) is 0 Å². The maximum absolute atomic E-state index is 5.10. The summed E-state index contributed by atoms with van der Waals surface area (Å²) in [5.74, 6) is 0. The van der Waals surface area contributed by atoms with E-state index in [4.69, 9.17) is 4.74 Å². The number of ether oxygens (including phenoxy) is 1. The molecule has 1 aliphatic heterocycles. The van der Waals surface area contributed by atoms with Crippen LogP contribution in [0, 0.1) is 0 Å². The second kappa shape index (κ2) is 15.9. The lowest BCUT2D eigenvalue weighted by molar-refractivity contribution is 0.0503. The third kappa shape index (κ3) is 13.8. The van der Waals surface area contributed by atoms with Gasteiger partial charge in [-0.05, 0) is 26.9 Å². The van der Waals surface area contributed by atoms with E-state index in [2.05, 4.69) is 31.1 Å². The van der Waals surface area contributed by atoms with E-state index in [1.54, 1.807) is 0 Å². The molecule has 106 valence electrons. The standard InChI is InChI=1S/C7H17N.C5H11NO.C2H6/c1-4-6-7(5-2)8-3;1-6-2-4-7-5-3-6;1-2/h7-8H,4-6H2,1-3H3;2-5H2,1H3;1-2H3. The van der Waals surface area contributed by atoms with Crippen LogP contribution in [-0.2, 0) is 4.74 Å². The second-order valence-corrected chi connectivity index (χ2v) is 4.10. The van der Waals surface area contributed by atoms with Crippen LogP contribution in [0.1, 0.15) is 47.0 Å². The average Bonchev–Trinajstić information content (AvgIpc) is 2.40. The van der Waals surface area contributed by atoms with Crippen molar-refractivity contribution in [3.05, 3.63) is 0 Å². The van der Waals surface area contributed by atoms with Crippen LogP contribution in [0.25, 0.3) is 0 Å². The first-order chi connectivity index (χ1) is 8.24. The van der Waals surface area contributed by atoms with Crippen molar-refractivity contribution in [2.45, 2.75) is 53.0 Å². The molecule has 0 aromatic rings. The molecule has 0 amide bonds. The predicted octanol–water partition coefficient (Wildman–Crippen LogP) is 2.76. The zero-order chi connectivity index (χ0) is 13.5. The molecule has 3 heteroatoms. The van der Waals surface area contributed by atoms with Crippen LogP contribution in [0.5, 0.6) is 0 Å². The van der Waals surface area contributed by atoms with Crippen LogP contribution in [0.2, 0.25) is 0 Å². The highest BCUT2D eigenvalue weighted by molar-refractivity contribution is 4.59. The highest BCUT2D eigenvalue weighted by Gasteiger charge is 2.02. The summed E-state index contributed by atoms with van der Waals surface area (Å²) in [6.45, 7) is 12.5. The maximum atomic E-state index is 5.10. The van der Waals surface area contributed by atoms with Crippen molar-refractivity contribution in [2.24, 2.45) is 0 Å². The Balaban J connectivity index is 0. The van der Waals surface area contributed by atoms with Gasteiger partial charge in [-0.1, -0.05) is 34.1 Å². The number of nitrogens with zero attached hydrogens (tertiary/aromatic N) is 1. The molecule has 0 radical (unpaired) electrons. The van der Waals surface area contributed by atoms with Crippen molar-refractivity contribution in [2.75, 3.05) is 40.4 Å². The molecular weight excluding hydrogens is 212 g/mol. The third-order valence-electron chi connectivity index (χ3n) is 2.77. The molecule has 1 fully saturated rings. The summed E-state index contributed by atoms with van der Waals surface area (Å²) >= 11 is 0. The molecule has 1 heterocycles. The number of hydrogen-bond acceptors (Lipinski definition) is 3. The third-order valence-corrected chi connectivity index (χ3v) is 2.77. The Bertz CT molecular complexity index is 121. The van der Waals surface area contributed by atoms with E-state index >= 15 is 0 Å². The van der Waals surface area contributed by atoms with Crippen molar-refractivity contribution >= 4 is 0 Å². The van der Waals surface area contributed by atoms with Gasteiger partial charge >= 0.3 is 0 Å². The topological polar surface area (TPSA) is 24.5 Å². The molecular formula is C14H34N2O. The Labute approximate surface area is 109 Å². The Morgan fingerprint density at radius 3 is 1.88 bits per heavy atom. The summed E-state index contributed by atoms with van der Waals surface area (Å²) in [5, 5.41) is 3.25. The first-order valence-electron chi connectivity index (χ1n) is 7.18. The molecule has 17 heavy (non-hydrogen) atoms. The zero-order valence-corrected chi connectivity index (χ0v) is 12.9. The van der Waals surface area contributed by atoms with E-state index in [9.17, 15) is 0 Å². The Morgan fingerprint density at radius 1 is 1.18 bits per heavy atom. The van der Waals surface area contributed by atoms with Gasteiger partial charge in [-0.3, -0.25) is 0 Å². The summed E-state index contributed by atoms with van der Waals surface area (Å²) in [6, 6.07) is 0.750. The molecule has 0 aromatic carbocycles. The molecule has 0 aromatic heterocycles. The normalized spacial score (nSPS) is 17.3. The van der Waals surface area contributed by atoms with Gasteiger partial charge in [0.05, 0.1) is 13.2 Å². The Hall–Kier alpha value is -0.120. The van der Waals surface area contributed by atoms with E-state index < -0.39 is 0 Å². The van der Waals surface area contributed by atoms with Gasteiger partial charge in [-0.2, -0.15) is 0 Å². The highest BCUT2D eigenvalue weighted by Crippen LogP contribution is 1.98. The molecule has 1 aliphatic rings. The van der Waals surface area contributed by atoms with Crippen molar-refractivity contribution < 1.29 is 4.74 Å². The Morgan fingerprint density at radius 2 is 1.71 bits per heavy atom.